The number of hydrogen-bond acceptors (Lipinski definition) is 3. The van der Waals surface area contributed by atoms with E-state index in [2.05, 4.69) is 76.3 Å². The van der Waals surface area contributed by atoms with Crippen molar-refractivity contribution in [2.75, 3.05) is 25.0 Å². The van der Waals surface area contributed by atoms with E-state index in [9.17, 15) is 9.59 Å². The van der Waals surface area contributed by atoms with Crippen molar-refractivity contribution in [3.63, 3.8) is 0 Å². The molecular weight excluding hydrogens is 484 g/mol. The molecular formula is C33H42N4O2. The smallest absolute Gasteiger partial charge is 0.319 e. The van der Waals surface area contributed by atoms with Crippen LogP contribution >= 0.6 is 0 Å². The monoisotopic (exact) mass is 526 g/mol. The molecule has 1 aliphatic heterocycles. The summed E-state index contributed by atoms with van der Waals surface area (Å²) in [6.45, 7) is 4.55. The zero-order valence-electron chi connectivity index (χ0n) is 23.1. The number of urea groups is 1. The Labute approximate surface area is 233 Å². The number of nitrogens with one attached hydrogen (secondary N) is 3. The zero-order chi connectivity index (χ0) is 27.3. The van der Waals surface area contributed by atoms with Crippen molar-refractivity contribution >= 4 is 17.6 Å². The summed E-state index contributed by atoms with van der Waals surface area (Å²) in [4.78, 5) is 28.4. The number of hydrogen-bond donors (Lipinski definition) is 3. The van der Waals surface area contributed by atoms with E-state index in [1.165, 1.54) is 30.4 Å². The van der Waals surface area contributed by atoms with E-state index in [4.69, 9.17) is 0 Å². The maximum Gasteiger partial charge on any atom is 0.319 e. The van der Waals surface area contributed by atoms with Crippen LogP contribution in [0.25, 0.3) is 0 Å². The molecule has 1 atom stereocenters. The van der Waals surface area contributed by atoms with Gasteiger partial charge in [0, 0.05) is 19.1 Å². The summed E-state index contributed by atoms with van der Waals surface area (Å²) in [5, 5.41) is 9.05. The molecule has 1 aliphatic rings. The molecule has 0 saturated carbocycles. The summed E-state index contributed by atoms with van der Waals surface area (Å²) in [5.41, 5.74) is 3.51. The van der Waals surface area contributed by atoms with Gasteiger partial charge in [-0.15, -0.1) is 0 Å². The Hall–Kier alpha value is -3.64. The van der Waals surface area contributed by atoms with Crippen LogP contribution in [0, 0.1) is 0 Å². The van der Waals surface area contributed by atoms with Crippen molar-refractivity contribution in [2.24, 2.45) is 0 Å². The molecule has 0 bridgehead atoms. The third kappa shape index (κ3) is 8.42. The van der Waals surface area contributed by atoms with Gasteiger partial charge in [-0.3, -0.25) is 9.69 Å². The third-order valence-electron chi connectivity index (χ3n) is 7.37. The lowest BCUT2D eigenvalue weighted by Gasteiger charge is -2.39. The first kappa shape index (κ1) is 28.4. The van der Waals surface area contributed by atoms with E-state index >= 15 is 0 Å². The Bertz CT molecular complexity index is 1130. The molecule has 1 saturated heterocycles. The first-order chi connectivity index (χ1) is 19.2. The second kappa shape index (κ2) is 15.1. The molecule has 6 heteroatoms. The van der Waals surface area contributed by atoms with Crippen molar-refractivity contribution in [2.45, 2.75) is 64.0 Å². The number of nitrogens with zero attached hydrogens (tertiary/aromatic N) is 1. The minimum Gasteiger partial charge on any atom is -0.348 e. The van der Waals surface area contributed by atoms with Gasteiger partial charge in [-0.2, -0.15) is 0 Å². The lowest BCUT2D eigenvalue weighted by Crippen LogP contribution is -2.49. The topological polar surface area (TPSA) is 73.5 Å². The lowest BCUT2D eigenvalue weighted by atomic mass is 9.94. The fraction of sp³-hybridized carbons (Fsp3) is 0.394. The number of unbranched alkanes of at least 4 members (excludes halogenated alkanes) is 4. The van der Waals surface area contributed by atoms with E-state index in [-0.39, 0.29) is 24.0 Å². The number of carbonyl (C=O) groups excluding carboxylic acids is 2. The molecule has 3 N–H and O–H groups in total. The normalized spacial score (nSPS) is 15.6. The van der Waals surface area contributed by atoms with Crippen molar-refractivity contribution in [1.82, 2.24) is 15.5 Å². The quantitative estimate of drug-likeness (QED) is 0.228. The van der Waals surface area contributed by atoms with E-state index in [0.29, 0.717) is 17.8 Å². The number of carbonyl (C=O) groups is 2. The van der Waals surface area contributed by atoms with E-state index in [1.54, 1.807) is 12.1 Å². The van der Waals surface area contributed by atoms with Gasteiger partial charge < -0.3 is 16.0 Å². The number of likely N-dealkylation sites (tertiary alicyclic amines) is 1. The molecule has 3 aromatic carbocycles. The highest BCUT2D eigenvalue weighted by Gasteiger charge is 2.29. The number of benzene rings is 3. The number of amides is 3. The van der Waals surface area contributed by atoms with E-state index in [0.717, 1.165) is 38.8 Å². The van der Waals surface area contributed by atoms with Crippen LogP contribution < -0.4 is 16.0 Å². The molecule has 0 aliphatic carbocycles. The van der Waals surface area contributed by atoms with Gasteiger partial charge in [-0.25, -0.2) is 4.79 Å². The van der Waals surface area contributed by atoms with Crippen LogP contribution in [0.5, 0.6) is 0 Å². The second-order valence-electron chi connectivity index (χ2n) is 10.4. The van der Waals surface area contributed by atoms with Crippen LogP contribution in [0.15, 0.2) is 84.9 Å². The number of anilines is 1. The highest BCUT2D eigenvalue weighted by Crippen LogP contribution is 2.31. The standard InChI is InChI=1S/C33H42N4O2/c1-2-3-4-5-14-23-34-33(39)36-30-22-13-12-21-29(30)32(38)35-28-20-15-24-37(25-28)31(26-16-8-6-9-17-26)27-18-10-7-11-19-27/h6-13,16-19,21-22,28,31H,2-5,14-15,20,23-25H2,1H3,(H,35,38)(H2,34,36,39). The minimum absolute atomic E-state index is 0.0196. The summed E-state index contributed by atoms with van der Waals surface area (Å²) in [6, 6.07) is 28.2. The second-order valence-corrected chi connectivity index (χ2v) is 10.4. The SMILES string of the molecule is CCCCCCCNC(=O)Nc1ccccc1C(=O)NC1CCCN(C(c2ccccc2)c2ccccc2)C1. The van der Waals surface area contributed by atoms with Crippen LogP contribution in [0.2, 0.25) is 0 Å². The molecule has 39 heavy (non-hydrogen) atoms. The van der Waals surface area contributed by atoms with Gasteiger partial charge in [0.1, 0.15) is 0 Å². The first-order valence-corrected chi connectivity index (χ1v) is 14.4. The van der Waals surface area contributed by atoms with Crippen molar-refractivity contribution in [3.8, 4) is 0 Å². The predicted octanol–water partition coefficient (Wildman–Crippen LogP) is 6.76. The van der Waals surface area contributed by atoms with Gasteiger partial charge in [-0.1, -0.05) is 105 Å². The van der Waals surface area contributed by atoms with Crippen LogP contribution in [-0.2, 0) is 0 Å². The minimum atomic E-state index is -0.275. The fourth-order valence-corrected chi connectivity index (χ4v) is 5.39. The van der Waals surface area contributed by atoms with Crippen LogP contribution in [-0.4, -0.2) is 42.5 Å². The van der Waals surface area contributed by atoms with Gasteiger partial charge >= 0.3 is 6.03 Å². The molecule has 4 rings (SSSR count). The number of para-hydroxylation sites is 1. The van der Waals surface area contributed by atoms with Crippen molar-refractivity contribution in [3.05, 3.63) is 102 Å². The molecule has 0 spiro atoms. The Kier molecular flexibility index (Phi) is 11.0. The summed E-state index contributed by atoms with van der Waals surface area (Å²) in [7, 11) is 0. The molecule has 1 fully saturated rings. The fourth-order valence-electron chi connectivity index (χ4n) is 5.39. The summed E-state index contributed by atoms with van der Waals surface area (Å²) in [5.74, 6) is -0.159. The third-order valence-corrected chi connectivity index (χ3v) is 7.37. The highest BCUT2D eigenvalue weighted by atomic mass is 16.2. The zero-order valence-corrected chi connectivity index (χ0v) is 23.1. The summed E-state index contributed by atoms with van der Waals surface area (Å²) < 4.78 is 0. The van der Waals surface area contributed by atoms with E-state index in [1.807, 2.05) is 24.3 Å². The van der Waals surface area contributed by atoms with Gasteiger partial charge in [-0.05, 0) is 49.1 Å². The Morgan fingerprint density at radius 1 is 0.846 bits per heavy atom. The summed E-state index contributed by atoms with van der Waals surface area (Å²) in [6.07, 6.45) is 7.62. The highest BCUT2D eigenvalue weighted by molar-refractivity contribution is 6.03. The van der Waals surface area contributed by atoms with Gasteiger partial charge in [0.15, 0.2) is 0 Å². The maximum absolute atomic E-state index is 13.4. The molecule has 206 valence electrons. The molecule has 6 nitrogen and oxygen atoms in total. The molecule has 1 heterocycles. The lowest BCUT2D eigenvalue weighted by molar-refractivity contribution is 0.0888. The number of rotatable bonds is 12. The van der Waals surface area contributed by atoms with Gasteiger partial charge in [0.05, 0.1) is 17.3 Å². The number of piperidine rings is 1. The van der Waals surface area contributed by atoms with Crippen molar-refractivity contribution in [1.29, 1.82) is 0 Å². The average molecular weight is 527 g/mol. The molecule has 0 radical (unpaired) electrons. The molecule has 0 aromatic heterocycles. The predicted molar refractivity (Wildman–Crippen MR) is 159 cm³/mol. The van der Waals surface area contributed by atoms with Gasteiger partial charge in [0.25, 0.3) is 5.91 Å². The molecule has 3 amide bonds. The summed E-state index contributed by atoms with van der Waals surface area (Å²) >= 11 is 0. The molecule has 3 aromatic rings. The van der Waals surface area contributed by atoms with E-state index < -0.39 is 0 Å². The Balaban J connectivity index is 1.38. The molecule has 1 unspecified atom stereocenters. The van der Waals surface area contributed by atoms with Crippen LogP contribution in [0.3, 0.4) is 0 Å². The van der Waals surface area contributed by atoms with Crippen molar-refractivity contribution < 1.29 is 9.59 Å². The average Bonchev–Trinajstić information content (AvgIpc) is 2.97. The van der Waals surface area contributed by atoms with Gasteiger partial charge in [0.2, 0.25) is 0 Å². The Morgan fingerprint density at radius 2 is 1.49 bits per heavy atom. The Morgan fingerprint density at radius 3 is 2.18 bits per heavy atom. The largest absolute Gasteiger partial charge is 0.348 e. The van der Waals surface area contributed by atoms with Crippen LogP contribution in [0.4, 0.5) is 10.5 Å². The van der Waals surface area contributed by atoms with Crippen LogP contribution in [0.1, 0.15) is 79.4 Å². The first-order valence-electron chi connectivity index (χ1n) is 14.4. The maximum atomic E-state index is 13.4.